The average Bonchev–Trinajstić information content (AvgIpc) is 3.76. The summed E-state index contributed by atoms with van der Waals surface area (Å²) in [5.41, 5.74) is 7.36. The number of carbonyl (C=O) groups excluding carboxylic acids is 1. The summed E-state index contributed by atoms with van der Waals surface area (Å²) >= 11 is 0. The van der Waals surface area contributed by atoms with Gasteiger partial charge in [-0.05, 0) is 73.7 Å². The Labute approximate surface area is 275 Å². The molecule has 1 amide bonds. The van der Waals surface area contributed by atoms with Crippen LogP contribution < -0.4 is 10.6 Å². The van der Waals surface area contributed by atoms with E-state index in [0.717, 1.165) is 25.0 Å². The van der Waals surface area contributed by atoms with E-state index in [9.17, 15) is 34.8 Å². The van der Waals surface area contributed by atoms with Crippen LogP contribution >= 0.6 is 0 Å². The largest absolute Gasteiger partial charge is 0.419 e. The topological polar surface area (TPSA) is 157 Å². The average molecular weight is 704 g/mol. The molecule has 3 heterocycles. The van der Waals surface area contributed by atoms with Gasteiger partial charge in [-0.3, -0.25) is 4.79 Å². The maximum atomic E-state index is 13.5. The third-order valence-electron chi connectivity index (χ3n) is 8.64. The van der Waals surface area contributed by atoms with Crippen molar-refractivity contribution in [3.8, 4) is 22.6 Å². The van der Waals surface area contributed by atoms with Gasteiger partial charge in [0.25, 0.3) is 0 Å². The molecule has 2 aliphatic heterocycles. The maximum absolute atomic E-state index is 13.5. The molecule has 1 saturated heterocycles. The lowest BCUT2D eigenvalue weighted by molar-refractivity contribution is -0.137. The fourth-order valence-electron chi connectivity index (χ4n) is 5.79. The minimum Gasteiger partial charge on any atom is -0.419 e. The number of amides is 1. The van der Waals surface area contributed by atoms with E-state index in [1.165, 1.54) is 53.4 Å². The molecule has 0 bridgehead atoms. The number of aromatic nitrogens is 2. The number of carbonyl (C=O) groups is 1. The predicted molar refractivity (Wildman–Crippen MR) is 171 cm³/mol. The zero-order valence-corrected chi connectivity index (χ0v) is 27.6. The summed E-state index contributed by atoms with van der Waals surface area (Å²) in [5, 5.41) is 8.09. The molecule has 16 heteroatoms. The number of sulfone groups is 1. The van der Waals surface area contributed by atoms with Gasteiger partial charge in [0.1, 0.15) is 0 Å². The number of benzene rings is 3. The lowest BCUT2D eigenvalue weighted by Gasteiger charge is -2.26. The molecule has 1 fully saturated rings. The van der Waals surface area contributed by atoms with Crippen LogP contribution in [0.2, 0.25) is 0 Å². The van der Waals surface area contributed by atoms with Crippen LogP contribution in [0.4, 0.5) is 18.9 Å². The van der Waals surface area contributed by atoms with E-state index in [2.05, 4.69) is 10.2 Å². The number of sulfonamides is 1. The summed E-state index contributed by atoms with van der Waals surface area (Å²) in [4.78, 5) is 14.7. The highest BCUT2D eigenvalue weighted by molar-refractivity contribution is 7.91. The first kappa shape index (κ1) is 33.8. The van der Waals surface area contributed by atoms with Gasteiger partial charge in [-0.25, -0.2) is 21.1 Å². The number of anilines is 1. The molecular formula is C32H32F3N5O6S2. The number of alkyl halides is 3. The summed E-state index contributed by atoms with van der Waals surface area (Å²) in [6.45, 7) is 3.67. The molecule has 0 unspecified atom stereocenters. The van der Waals surface area contributed by atoms with E-state index in [0.29, 0.717) is 29.8 Å². The van der Waals surface area contributed by atoms with E-state index in [1.54, 1.807) is 24.3 Å². The van der Waals surface area contributed by atoms with Gasteiger partial charge in [0.15, 0.2) is 14.6 Å². The zero-order chi connectivity index (χ0) is 34.6. The van der Waals surface area contributed by atoms with Crippen molar-refractivity contribution in [3.05, 3.63) is 83.7 Å². The highest BCUT2D eigenvalue weighted by Crippen LogP contribution is 2.38. The van der Waals surface area contributed by atoms with E-state index in [4.69, 9.17) is 10.2 Å². The number of rotatable bonds is 7. The predicted octanol–water partition coefficient (Wildman–Crippen LogP) is 4.73. The van der Waals surface area contributed by atoms with Gasteiger partial charge in [-0.1, -0.05) is 36.4 Å². The number of fused-ring (bicyclic) bond motifs is 1. The van der Waals surface area contributed by atoms with Crippen molar-refractivity contribution in [1.82, 2.24) is 14.5 Å². The highest BCUT2D eigenvalue weighted by atomic mass is 32.2. The minimum atomic E-state index is -4.46. The van der Waals surface area contributed by atoms with Crippen LogP contribution in [0.1, 0.15) is 43.7 Å². The van der Waals surface area contributed by atoms with Gasteiger partial charge in [0, 0.05) is 18.7 Å². The van der Waals surface area contributed by atoms with Crippen molar-refractivity contribution in [1.29, 1.82) is 0 Å². The van der Waals surface area contributed by atoms with Crippen LogP contribution in [0.3, 0.4) is 0 Å². The first-order valence-electron chi connectivity index (χ1n) is 15.0. The summed E-state index contributed by atoms with van der Waals surface area (Å²) < 4.78 is 98.0. The Balaban J connectivity index is 1.33. The SMILES string of the molecule is CC(C)(c1nnc(-c2ccc3c(c2)N(Cc2ccc(-c4ccc(C(F)(F)F)cc4)cc2)C(=O)[C@@H](N)CS3(=O)=O)o1)S(=O)(=O)N1CCCC1. The molecular weight excluding hydrogens is 672 g/mol. The second-order valence-corrected chi connectivity index (χ2v) is 16.8. The first-order chi connectivity index (χ1) is 22.5. The molecule has 6 rings (SSSR count). The Hall–Kier alpha value is -4.12. The molecule has 1 aromatic heterocycles. The summed E-state index contributed by atoms with van der Waals surface area (Å²) in [6, 6.07) is 14.3. The smallest absolute Gasteiger partial charge is 0.416 e. The molecule has 1 atom stereocenters. The normalized spacial score (nSPS) is 18.9. The van der Waals surface area contributed by atoms with Crippen LogP contribution in [0, 0.1) is 0 Å². The lowest BCUT2D eigenvalue weighted by atomic mass is 10.0. The van der Waals surface area contributed by atoms with Crippen LogP contribution in [-0.4, -0.2) is 62.1 Å². The van der Waals surface area contributed by atoms with Crippen LogP contribution in [-0.2, 0) is 42.1 Å². The Morgan fingerprint density at radius 1 is 0.917 bits per heavy atom. The van der Waals surface area contributed by atoms with Crippen molar-refractivity contribution in [2.24, 2.45) is 5.73 Å². The Morgan fingerprint density at radius 3 is 2.10 bits per heavy atom. The quantitative estimate of drug-likeness (QED) is 0.288. The standard InChI is InChI=1S/C32H32F3N5O6S2/c1-31(2,48(44,45)39-15-3-4-16-39)30-38-37-28(46-30)23-11-14-27-26(17-23)40(29(41)25(36)19-47(27,42)43)18-20-5-7-21(8-6-20)22-9-12-24(13-10-22)32(33,34)35/h5-14,17,25H,3-4,15-16,18-19,36H2,1-2H3/t25-/m0/s1. The number of hydrogen-bond donors (Lipinski definition) is 1. The van der Waals surface area contributed by atoms with Crippen molar-refractivity contribution in [2.75, 3.05) is 23.7 Å². The molecule has 2 aliphatic rings. The van der Waals surface area contributed by atoms with Crippen molar-refractivity contribution < 1.29 is 39.2 Å². The monoisotopic (exact) mass is 703 g/mol. The third-order valence-corrected chi connectivity index (χ3v) is 13.0. The number of halogens is 3. The molecule has 0 saturated carbocycles. The number of hydrogen-bond acceptors (Lipinski definition) is 9. The van der Waals surface area contributed by atoms with E-state index in [1.807, 2.05) is 0 Å². The first-order valence-corrected chi connectivity index (χ1v) is 18.1. The summed E-state index contributed by atoms with van der Waals surface area (Å²) in [5.74, 6) is -1.48. The van der Waals surface area contributed by atoms with Gasteiger partial charge in [-0.2, -0.15) is 13.2 Å². The molecule has 11 nitrogen and oxygen atoms in total. The summed E-state index contributed by atoms with van der Waals surface area (Å²) in [6.07, 6.45) is -2.95. The molecule has 3 aromatic carbocycles. The zero-order valence-electron chi connectivity index (χ0n) is 25.9. The number of nitrogens with zero attached hydrogens (tertiary/aromatic N) is 4. The Bertz CT molecular complexity index is 2080. The fraction of sp³-hybridized carbons (Fsp3) is 0.344. The van der Waals surface area contributed by atoms with Crippen LogP contribution in [0.5, 0.6) is 0 Å². The van der Waals surface area contributed by atoms with E-state index >= 15 is 0 Å². The second-order valence-electron chi connectivity index (χ2n) is 12.3. The second kappa shape index (κ2) is 12.1. The molecule has 2 N–H and O–H groups in total. The van der Waals surface area contributed by atoms with E-state index < -0.39 is 54.0 Å². The Kier molecular flexibility index (Phi) is 8.50. The molecule has 0 radical (unpaired) electrons. The van der Waals surface area contributed by atoms with Crippen molar-refractivity contribution >= 4 is 31.5 Å². The van der Waals surface area contributed by atoms with Crippen LogP contribution in [0.25, 0.3) is 22.6 Å². The molecule has 0 aliphatic carbocycles. The van der Waals surface area contributed by atoms with Gasteiger partial charge >= 0.3 is 6.18 Å². The lowest BCUT2D eigenvalue weighted by Crippen LogP contribution is -2.45. The van der Waals surface area contributed by atoms with E-state index in [-0.39, 0.29) is 34.5 Å². The maximum Gasteiger partial charge on any atom is 0.416 e. The fourth-order valence-corrected chi connectivity index (χ4v) is 9.03. The minimum absolute atomic E-state index is 0.0287. The third kappa shape index (κ3) is 6.13. The summed E-state index contributed by atoms with van der Waals surface area (Å²) in [7, 11) is -7.84. The van der Waals surface area contributed by atoms with Gasteiger partial charge in [0.05, 0.1) is 34.5 Å². The van der Waals surface area contributed by atoms with Gasteiger partial charge in [0.2, 0.25) is 27.7 Å². The molecule has 0 spiro atoms. The van der Waals surface area contributed by atoms with Gasteiger partial charge in [-0.15, -0.1) is 10.2 Å². The Morgan fingerprint density at radius 2 is 1.50 bits per heavy atom. The number of nitrogens with two attached hydrogens (primary N) is 1. The van der Waals surface area contributed by atoms with Gasteiger partial charge < -0.3 is 15.1 Å². The molecule has 254 valence electrons. The highest BCUT2D eigenvalue weighted by Gasteiger charge is 2.46. The van der Waals surface area contributed by atoms with Crippen molar-refractivity contribution in [2.45, 2.75) is 55.1 Å². The van der Waals surface area contributed by atoms with Crippen molar-refractivity contribution in [3.63, 3.8) is 0 Å². The van der Waals surface area contributed by atoms with Crippen LogP contribution in [0.15, 0.2) is 76.0 Å². The molecule has 4 aromatic rings. The molecule has 48 heavy (non-hydrogen) atoms.